The predicted molar refractivity (Wildman–Crippen MR) is 72.4 cm³/mol. The molecule has 0 amide bonds. The molecule has 1 saturated heterocycles. The summed E-state index contributed by atoms with van der Waals surface area (Å²) in [4.78, 5) is 2.21. The number of nitrogens with one attached hydrogen (secondary N) is 1. The second kappa shape index (κ2) is 4.75. The van der Waals surface area contributed by atoms with E-state index >= 15 is 0 Å². The third-order valence-corrected chi connectivity index (χ3v) is 4.57. The zero-order valence-corrected chi connectivity index (χ0v) is 11.3. The number of piperazine rings is 1. The Kier molecular flexibility index (Phi) is 3.21. The number of benzene rings is 1. The molecule has 2 aliphatic rings. The molecule has 1 aromatic carbocycles. The zero-order chi connectivity index (χ0) is 13.5. The van der Waals surface area contributed by atoms with Crippen molar-refractivity contribution in [2.24, 2.45) is 0 Å². The maximum absolute atomic E-state index is 13.4. The van der Waals surface area contributed by atoms with E-state index in [0.717, 1.165) is 18.8 Å². The van der Waals surface area contributed by atoms with Crippen LogP contribution >= 0.6 is 0 Å². The van der Waals surface area contributed by atoms with Crippen molar-refractivity contribution in [1.29, 1.82) is 0 Å². The highest BCUT2D eigenvalue weighted by Gasteiger charge is 2.40. The summed E-state index contributed by atoms with van der Waals surface area (Å²) in [7, 11) is 0. The molecule has 1 atom stereocenters. The SMILES string of the molecule is CC1CNC2(CCCC2)CN1c1ccc(F)c(F)c1. The van der Waals surface area contributed by atoms with E-state index in [4.69, 9.17) is 0 Å². The molecule has 0 bridgehead atoms. The average molecular weight is 266 g/mol. The zero-order valence-electron chi connectivity index (χ0n) is 11.3. The van der Waals surface area contributed by atoms with E-state index in [1.54, 1.807) is 6.07 Å². The van der Waals surface area contributed by atoms with Gasteiger partial charge in [-0.25, -0.2) is 8.78 Å². The highest BCUT2D eigenvalue weighted by Crippen LogP contribution is 2.35. The summed E-state index contributed by atoms with van der Waals surface area (Å²) in [5.41, 5.74) is 0.969. The molecule has 1 spiro atoms. The molecule has 1 heterocycles. The Morgan fingerprint density at radius 3 is 2.63 bits per heavy atom. The van der Waals surface area contributed by atoms with E-state index in [0.29, 0.717) is 6.04 Å². The third kappa shape index (κ3) is 2.34. The molecule has 104 valence electrons. The molecule has 2 fully saturated rings. The maximum atomic E-state index is 13.4. The molecule has 1 aromatic rings. The molecule has 0 radical (unpaired) electrons. The van der Waals surface area contributed by atoms with Gasteiger partial charge in [-0.3, -0.25) is 0 Å². The van der Waals surface area contributed by atoms with Crippen LogP contribution in [0.4, 0.5) is 14.5 Å². The number of nitrogens with zero attached hydrogens (tertiary/aromatic N) is 1. The normalized spacial score (nSPS) is 26.1. The van der Waals surface area contributed by atoms with Crippen molar-refractivity contribution >= 4 is 5.69 Å². The van der Waals surface area contributed by atoms with Crippen LogP contribution < -0.4 is 10.2 Å². The molecule has 19 heavy (non-hydrogen) atoms. The Labute approximate surface area is 112 Å². The molecular formula is C15H20F2N2. The summed E-state index contributed by atoms with van der Waals surface area (Å²) in [6.07, 6.45) is 4.87. The van der Waals surface area contributed by atoms with Gasteiger partial charge in [0, 0.05) is 36.4 Å². The van der Waals surface area contributed by atoms with E-state index in [1.807, 2.05) is 0 Å². The minimum atomic E-state index is -0.776. The quantitative estimate of drug-likeness (QED) is 0.840. The van der Waals surface area contributed by atoms with E-state index in [2.05, 4.69) is 17.1 Å². The summed E-state index contributed by atoms with van der Waals surface area (Å²) >= 11 is 0. The first-order chi connectivity index (χ1) is 9.10. The first kappa shape index (κ1) is 12.9. The smallest absolute Gasteiger partial charge is 0.160 e. The summed E-state index contributed by atoms with van der Waals surface area (Å²) in [6.45, 7) is 3.91. The van der Waals surface area contributed by atoms with Gasteiger partial charge >= 0.3 is 0 Å². The molecule has 0 aromatic heterocycles. The molecule has 4 heteroatoms. The third-order valence-electron chi connectivity index (χ3n) is 4.57. The summed E-state index contributed by atoms with van der Waals surface area (Å²) in [6, 6.07) is 4.53. The molecule has 1 aliphatic heterocycles. The lowest BCUT2D eigenvalue weighted by Crippen LogP contribution is -2.62. The first-order valence-corrected chi connectivity index (χ1v) is 7.06. The van der Waals surface area contributed by atoms with Gasteiger partial charge in [0.1, 0.15) is 0 Å². The lowest BCUT2D eigenvalue weighted by atomic mass is 9.92. The van der Waals surface area contributed by atoms with Crippen LogP contribution in [0.15, 0.2) is 18.2 Å². The van der Waals surface area contributed by atoms with Crippen LogP contribution in [-0.2, 0) is 0 Å². The molecule has 1 unspecified atom stereocenters. The van der Waals surface area contributed by atoms with Crippen LogP contribution in [0.1, 0.15) is 32.6 Å². The van der Waals surface area contributed by atoms with Gasteiger partial charge in [0.05, 0.1) is 0 Å². The van der Waals surface area contributed by atoms with Crippen molar-refractivity contribution in [3.63, 3.8) is 0 Å². The fourth-order valence-corrected chi connectivity index (χ4v) is 3.41. The van der Waals surface area contributed by atoms with Crippen molar-refractivity contribution < 1.29 is 8.78 Å². The van der Waals surface area contributed by atoms with Crippen LogP contribution in [0.25, 0.3) is 0 Å². The van der Waals surface area contributed by atoms with Crippen molar-refractivity contribution in [3.8, 4) is 0 Å². The van der Waals surface area contributed by atoms with Crippen LogP contribution in [0.3, 0.4) is 0 Å². The Morgan fingerprint density at radius 2 is 1.95 bits per heavy atom. The van der Waals surface area contributed by atoms with Gasteiger partial charge in [0.15, 0.2) is 11.6 Å². The molecule has 1 saturated carbocycles. The minimum absolute atomic E-state index is 0.178. The summed E-state index contributed by atoms with van der Waals surface area (Å²) in [5, 5.41) is 3.66. The lowest BCUT2D eigenvalue weighted by molar-refractivity contribution is 0.276. The molecule has 2 nitrogen and oxygen atoms in total. The Balaban J connectivity index is 1.86. The number of hydrogen-bond donors (Lipinski definition) is 1. The number of halogens is 2. The van der Waals surface area contributed by atoms with Crippen molar-refractivity contribution in [2.45, 2.75) is 44.2 Å². The van der Waals surface area contributed by atoms with Gasteiger partial charge in [-0.15, -0.1) is 0 Å². The monoisotopic (exact) mass is 266 g/mol. The second-order valence-electron chi connectivity index (χ2n) is 5.94. The first-order valence-electron chi connectivity index (χ1n) is 7.06. The van der Waals surface area contributed by atoms with Gasteiger partial charge in [0.2, 0.25) is 0 Å². The second-order valence-corrected chi connectivity index (χ2v) is 5.94. The van der Waals surface area contributed by atoms with Crippen LogP contribution in [-0.4, -0.2) is 24.7 Å². The van der Waals surface area contributed by atoms with Crippen molar-refractivity contribution in [2.75, 3.05) is 18.0 Å². The van der Waals surface area contributed by atoms with Gasteiger partial charge in [-0.2, -0.15) is 0 Å². The Morgan fingerprint density at radius 1 is 1.21 bits per heavy atom. The largest absolute Gasteiger partial charge is 0.366 e. The molecule has 1 aliphatic carbocycles. The Hall–Kier alpha value is -1.16. The topological polar surface area (TPSA) is 15.3 Å². The fourth-order valence-electron chi connectivity index (χ4n) is 3.41. The van der Waals surface area contributed by atoms with E-state index in [9.17, 15) is 8.78 Å². The van der Waals surface area contributed by atoms with Gasteiger partial charge < -0.3 is 10.2 Å². The van der Waals surface area contributed by atoms with Crippen molar-refractivity contribution in [3.05, 3.63) is 29.8 Å². The average Bonchev–Trinajstić information content (AvgIpc) is 2.85. The minimum Gasteiger partial charge on any atom is -0.366 e. The molecule has 1 N–H and O–H groups in total. The van der Waals surface area contributed by atoms with Crippen molar-refractivity contribution in [1.82, 2.24) is 5.32 Å². The highest BCUT2D eigenvalue weighted by atomic mass is 19.2. The van der Waals surface area contributed by atoms with E-state index < -0.39 is 11.6 Å². The Bertz CT molecular complexity index is 469. The van der Waals surface area contributed by atoms with E-state index in [1.165, 1.54) is 37.8 Å². The highest BCUT2D eigenvalue weighted by molar-refractivity contribution is 5.49. The number of hydrogen-bond acceptors (Lipinski definition) is 2. The van der Waals surface area contributed by atoms with Crippen LogP contribution in [0.2, 0.25) is 0 Å². The van der Waals surface area contributed by atoms with Crippen LogP contribution in [0, 0.1) is 11.6 Å². The number of anilines is 1. The summed E-state index contributed by atoms with van der Waals surface area (Å²) in [5.74, 6) is -1.54. The predicted octanol–water partition coefficient (Wildman–Crippen LogP) is 3.08. The maximum Gasteiger partial charge on any atom is 0.160 e. The molecular weight excluding hydrogens is 246 g/mol. The van der Waals surface area contributed by atoms with Crippen LogP contribution in [0.5, 0.6) is 0 Å². The molecule has 3 rings (SSSR count). The van der Waals surface area contributed by atoms with E-state index in [-0.39, 0.29) is 5.54 Å². The summed E-state index contributed by atoms with van der Waals surface area (Å²) < 4.78 is 26.5. The fraction of sp³-hybridized carbons (Fsp3) is 0.600. The lowest BCUT2D eigenvalue weighted by Gasteiger charge is -2.46. The van der Waals surface area contributed by atoms with Gasteiger partial charge in [0.25, 0.3) is 0 Å². The number of rotatable bonds is 1. The van der Waals surface area contributed by atoms with Gasteiger partial charge in [-0.05, 0) is 31.9 Å². The standard InChI is InChI=1S/C15H20F2N2/c1-11-9-18-15(6-2-3-7-15)10-19(11)12-4-5-13(16)14(17)8-12/h4-5,8,11,18H,2-3,6-7,9-10H2,1H3. The van der Waals surface area contributed by atoms with Gasteiger partial charge in [-0.1, -0.05) is 12.8 Å².